The number of aryl methyl sites for hydroxylation is 1. The molecule has 138 valence electrons. The Morgan fingerprint density at radius 2 is 1.69 bits per heavy atom. The van der Waals surface area contributed by atoms with Gasteiger partial charge in [-0.2, -0.15) is 13.2 Å². The Morgan fingerprint density at radius 1 is 1.08 bits per heavy atom. The van der Waals surface area contributed by atoms with Gasteiger partial charge in [0.2, 0.25) is 0 Å². The van der Waals surface area contributed by atoms with Gasteiger partial charge in [-0.3, -0.25) is 9.59 Å². The molecule has 2 N–H and O–H groups in total. The normalized spacial score (nSPS) is 12.5. The van der Waals surface area contributed by atoms with Gasteiger partial charge in [0.1, 0.15) is 0 Å². The first kappa shape index (κ1) is 19.5. The van der Waals surface area contributed by atoms with Crippen LogP contribution in [0.25, 0.3) is 0 Å². The maximum atomic E-state index is 12.4. The minimum absolute atomic E-state index is 0.180. The van der Waals surface area contributed by atoms with Crippen molar-refractivity contribution in [2.45, 2.75) is 31.9 Å². The van der Waals surface area contributed by atoms with Crippen LogP contribution in [0.15, 0.2) is 48.5 Å². The summed E-state index contributed by atoms with van der Waals surface area (Å²) < 4.78 is 37.3. The Bertz CT molecular complexity index is 785. The molecule has 0 aliphatic rings. The van der Waals surface area contributed by atoms with Crippen LogP contribution in [0.1, 0.15) is 40.7 Å². The maximum Gasteiger partial charge on any atom is 0.389 e. The summed E-state index contributed by atoms with van der Waals surface area (Å²) >= 11 is 0. The van der Waals surface area contributed by atoms with E-state index in [1.807, 2.05) is 0 Å². The van der Waals surface area contributed by atoms with Crippen LogP contribution < -0.4 is 5.32 Å². The molecule has 0 aromatic heterocycles. The van der Waals surface area contributed by atoms with E-state index in [0.717, 1.165) is 0 Å². The van der Waals surface area contributed by atoms with Crippen molar-refractivity contribution in [3.8, 4) is 0 Å². The lowest BCUT2D eigenvalue weighted by Gasteiger charge is -2.12. The van der Waals surface area contributed by atoms with Crippen molar-refractivity contribution >= 4 is 17.6 Å². The van der Waals surface area contributed by atoms with E-state index < -0.39 is 30.4 Å². The molecule has 26 heavy (non-hydrogen) atoms. The van der Waals surface area contributed by atoms with Gasteiger partial charge in [0.15, 0.2) is 0 Å². The highest BCUT2D eigenvalue weighted by atomic mass is 19.4. The van der Waals surface area contributed by atoms with E-state index in [2.05, 4.69) is 5.32 Å². The minimum Gasteiger partial charge on any atom is -0.481 e. The van der Waals surface area contributed by atoms with Crippen LogP contribution in [0.3, 0.4) is 0 Å². The fraction of sp³-hybridized carbons (Fsp3) is 0.263. The number of amides is 1. The van der Waals surface area contributed by atoms with Gasteiger partial charge >= 0.3 is 12.1 Å². The number of alkyl halides is 3. The lowest BCUT2D eigenvalue weighted by molar-refractivity contribution is -0.138. The fourth-order valence-corrected chi connectivity index (χ4v) is 2.43. The predicted molar refractivity (Wildman–Crippen MR) is 91.3 cm³/mol. The zero-order valence-corrected chi connectivity index (χ0v) is 14.0. The molecule has 0 heterocycles. The number of halogens is 3. The van der Waals surface area contributed by atoms with Crippen LogP contribution >= 0.6 is 0 Å². The number of rotatable bonds is 6. The summed E-state index contributed by atoms with van der Waals surface area (Å²) in [6.07, 6.45) is -5.57. The van der Waals surface area contributed by atoms with Gasteiger partial charge in [-0.05, 0) is 42.7 Å². The predicted octanol–water partition coefficient (Wildman–Crippen LogP) is 4.62. The number of carbonyl (C=O) groups excluding carboxylic acids is 1. The zero-order chi connectivity index (χ0) is 19.3. The summed E-state index contributed by atoms with van der Waals surface area (Å²) in [5.41, 5.74) is 1.52. The number of hydrogen-bond donors (Lipinski definition) is 2. The van der Waals surface area contributed by atoms with E-state index in [1.54, 1.807) is 43.3 Å². The lowest BCUT2D eigenvalue weighted by Crippen LogP contribution is -2.16. The Labute approximate surface area is 148 Å². The van der Waals surface area contributed by atoms with Gasteiger partial charge in [-0.1, -0.05) is 30.3 Å². The highest BCUT2D eigenvalue weighted by Crippen LogP contribution is 2.24. The molecule has 0 aliphatic carbocycles. The van der Waals surface area contributed by atoms with Crippen LogP contribution in [0.2, 0.25) is 0 Å². The molecule has 0 radical (unpaired) electrons. The van der Waals surface area contributed by atoms with Crippen molar-refractivity contribution in [3.05, 3.63) is 65.2 Å². The van der Waals surface area contributed by atoms with Crippen molar-refractivity contribution in [1.29, 1.82) is 0 Å². The van der Waals surface area contributed by atoms with Crippen LogP contribution in [-0.2, 0) is 11.2 Å². The Morgan fingerprint density at radius 3 is 2.27 bits per heavy atom. The molecule has 2 rings (SSSR count). The highest BCUT2D eigenvalue weighted by Gasteiger charge is 2.27. The van der Waals surface area contributed by atoms with E-state index in [1.165, 1.54) is 12.1 Å². The smallest absolute Gasteiger partial charge is 0.389 e. The highest BCUT2D eigenvalue weighted by molar-refractivity contribution is 6.05. The van der Waals surface area contributed by atoms with E-state index in [-0.39, 0.29) is 12.0 Å². The fourth-order valence-electron chi connectivity index (χ4n) is 2.43. The van der Waals surface area contributed by atoms with Crippen molar-refractivity contribution in [1.82, 2.24) is 0 Å². The molecule has 0 fully saturated rings. The molecule has 1 atom stereocenters. The molecule has 2 aromatic carbocycles. The first-order valence-corrected chi connectivity index (χ1v) is 7.96. The van der Waals surface area contributed by atoms with Gasteiger partial charge < -0.3 is 10.4 Å². The topological polar surface area (TPSA) is 66.4 Å². The average molecular weight is 365 g/mol. The number of hydrogen-bond acceptors (Lipinski definition) is 2. The van der Waals surface area contributed by atoms with Crippen LogP contribution in [0.4, 0.5) is 18.9 Å². The molecule has 1 unspecified atom stereocenters. The maximum absolute atomic E-state index is 12.4. The number of carboxylic acids is 1. The third-order valence-corrected chi connectivity index (χ3v) is 3.98. The number of carbonyl (C=O) groups is 2. The second-order valence-corrected chi connectivity index (χ2v) is 5.91. The molecule has 1 amide bonds. The standard InChI is InChI=1S/C19H18F3NO3/c1-12(18(25)26)13-6-8-15(9-7-13)23-17(24)16-5-3-2-4-14(16)10-11-19(20,21)22/h2-9,12H,10-11H2,1H3,(H,23,24)(H,25,26). The number of carboxylic acid groups (broad SMARTS) is 1. The van der Waals surface area contributed by atoms with Crippen molar-refractivity contribution in [2.75, 3.05) is 5.32 Å². The van der Waals surface area contributed by atoms with Crippen LogP contribution in [0.5, 0.6) is 0 Å². The minimum atomic E-state index is -4.29. The Balaban J connectivity index is 2.11. The second kappa shape index (κ2) is 8.03. The monoisotopic (exact) mass is 365 g/mol. The molecule has 2 aromatic rings. The SMILES string of the molecule is CC(C(=O)O)c1ccc(NC(=O)c2ccccc2CCC(F)(F)F)cc1. The molecule has 7 heteroatoms. The Hall–Kier alpha value is -2.83. The largest absolute Gasteiger partial charge is 0.481 e. The van der Waals surface area contributed by atoms with Crippen molar-refractivity contribution in [3.63, 3.8) is 0 Å². The summed E-state index contributed by atoms with van der Waals surface area (Å²) in [7, 11) is 0. The Kier molecular flexibility index (Phi) is 6.02. The van der Waals surface area contributed by atoms with Crippen molar-refractivity contribution in [2.24, 2.45) is 0 Å². The summed E-state index contributed by atoms with van der Waals surface area (Å²) in [6.45, 7) is 1.55. The van der Waals surface area contributed by atoms with Crippen LogP contribution in [0, 0.1) is 0 Å². The molecule has 0 bridgehead atoms. The van der Waals surface area contributed by atoms with E-state index in [9.17, 15) is 22.8 Å². The quantitative estimate of drug-likeness (QED) is 0.785. The molecule has 0 saturated heterocycles. The van der Waals surface area contributed by atoms with E-state index in [0.29, 0.717) is 16.8 Å². The van der Waals surface area contributed by atoms with Gasteiger partial charge in [0.25, 0.3) is 5.91 Å². The van der Waals surface area contributed by atoms with Crippen molar-refractivity contribution < 1.29 is 27.9 Å². The average Bonchev–Trinajstić information content (AvgIpc) is 2.59. The molecule has 0 saturated carbocycles. The number of benzene rings is 2. The van der Waals surface area contributed by atoms with Gasteiger partial charge in [-0.25, -0.2) is 0 Å². The number of nitrogens with one attached hydrogen (secondary N) is 1. The lowest BCUT2D eigenvalue weighted by atomic mass is 10.0. The summed E-state index contributed by atoms with van der Waals surface area (Å²) in [5.74, 6) is -2.15. The first-order chi connectivity index (χ1) is 12.2. The summed E-state index contributed by atoms with van der Waals surface area (Å²) in [5, 5.41) is 11.6. The summed E-state index contributed by atoms with van der Waals surface area (Å²) in [4.78, 5) is 23.4. The third-order valence-electron chi connectivity index (χ3n) is 3.98. The molecular formula is C19H18F3NO3. The first-order valence-electron chi connectivity index (χ1n) is 7.96. The third kappa shape index (κ3) is 5.34. The second-order valence-electron chi connectivity index (χ2n) is 5.91. The molecule has 0 aliphatic heterocycles. The molecule has 4 nitrogen and oxygen atoms in total. The number of anilines is 1. The zero-order valence-electron chi connectivity index (χ0n) is 14.0. The number of aliphatic carboxylic acids is 1. The van der Waals surface area contributed by atoms with Gasteiger partial charge in [0, 0.05) is 17.7 Å². The summed E-state index contributed by atoms with van der Waals surface area (Å²) in [6, 6.07) is 12.4. The molecular weight excluding hydrogens is 347 g/mol. The van der Waals surface area contributed by atoms with Crippen LogP contribution in [-0.4, -0.2) is 23.2 Å². The van der Waals surface area contributed by atoms with E-state index >= 15 is 0 Å². The van der Waals surface area contributed by atoms with Gasteiger partial charge in [-0.15, -0.1) is 0 Å². The van der Waals surface area contributed by atoms with Gasteiger partial charge in [0.05, 0.1) is 5.92 Å². The molecule has 0 spiro atoms. The van der Waals surface area contributed by atoms with E-state index in [4.69, 9.17) is 5.11 Å².